The van der Waals surface area contributed by atoms with Crippen LogP contribution in [0.5, 0.6) is 5.75 Å². The number of halogens is 1. The first-order chi connectivity index (χ1) is 11.7. The fraction of sp³-hybridized carbons (Fsp3) is 0.176. The largest absolute Gasteiger partial charge is 0.496 e. The zero-order valence-electron chi connectivity index (χ0n) is 13.0. The van der Waals surface area contributed by atoms with Gasteiger partial charge in [0.15, 0.2) is 5.16 Å². The van der Waals surface area contributed by atoms with Gasteiger partial charge in [-0.15, -0.1) is 0 Å². The van der Waals surface area contributed by atoms with E-state index >= 15 is 0 Å². The Morgan fingerprint density at radius 1 is 1.33 bits per heavy atom. The average molecular weight is 362 g/mol. The molecular weight excluding hydrogens is 346 g/mol. The number of aromatic nitrogens is 2. The number of para-hydroxylation sites is 1. The van der Waals surface area contributed by atoms with Gasteiger partial charge in [-0.1, -0.05) is 41.6 Å². The summed E-state index contributed by atoms with van der Waals surface area (Å²) in [5.41, 5.74) is 2.63. The molecular formula is C17H16ClN3O2S. The van der Waals surface area contributed by atoms with E-state index in [1.54, 1.807) is 13.2 Å². The van der Waals surface area contributed by atoms with E-state index < -0.39 is 0 Å². The molecule has 24 heavy (non-hydrogen) atoms. The van der Waals surface area contributed by atoms with E-state index in [9.17, 15) is 4.79 Å². The fourth-order valence-corrected chi connectivity index (χ4v) is 3.14. The van der Waals surface area contributed by atoms with E-state index in [1.807, 2.05) is 36.4 Å². The standard InChI is InChI=1S/C17H16ClN3O2S/c1-23-15-5-3-2-4-11(15)9-19-16(22)10-24-17-20-13-7-6-12(18)8-14(13)21-17/h2-8H,9-10H2,1H3,(H,19,22)(H,20,21). The Balaban J connectivity index is 1.55. The van der Waals surface area contributed by atoms with Crippen molar-refractivity contribution in [1.29, 1.82) is 0 Å². The number of carbonyl (C=O) groups is 1. The number of carbonyl (C=O) groups excluding carboxylic acids is 1. The number of amides is 1. The SMILES string of the molecule is COc1ccccc1CNC(=O)CSc1nc2ccc(Cl)cc2[nH]1. The highest BCUT2D eigenvalue weighted by Gasteiger charge is 2.08. The second-order valence-corrected chi connectivity index (χ2v) is 6.48. The lowest BCUT2D eigenvalue weighted by atomic mass is 10.2. The third-order valence-electron chi connectivity index (χ3n) is 3.43. The molecule has 3 aromatic rings. The predicted octanol–water partition coefficient (Wildman–Crippen LogP) is 3.63. The number of nitrogens with zero attached hydrogens (tertiary/aromatic N) is 1. The number of methoxy groups -OCH3 is 1. The lowest BCUT2D eigenvalue weighted by molar-refractivity contribution is -0.118. The molecule has 7 heteroatoms. The Morgan fingerprint density at radius 3 is 3.00 bits per heavy atom. The summed E-state index contributed by atoms with van der Waals surface area (Å²) in [5.74, 6) is 0.979. The molecule has 0 fully saturated rings. The van der Waals surface area contributed by atoms with E-state index in [0.29, 0.717) is 16.7 Å². The number of hydrogen-bond acceptors (Lipinski definition) is 4. The van der Waals surface area contributed by atoms with Crippen LogP contribution >= 0.6 is 23.4 Å². The molecule has 3 rings (SSSR count). The minimum absolute atomic E-state index is 0.0654. The summed E-state index contributed by atoms with van der Waals surface area (Å²) in [6.07, 6.45) is 0. The molecule has 0 radical (unpaired) electrons. The smallest absolute Gasteiger partial charge is 0.230 e. The van der Waals surface area contributed by atoms with Crippen LogP contribution in [0.15, 0.2) is 47.6 Å². The number of H-pyrrole nitrogens is 1. The summed E-state index contributed by atoms with van der Waals surface area (Å²) in [6, 6.07) is 13.1. The minimum atomic E-state index is -0.0654. The number of ether oxygens (including phenoxy) is 1. The van der Waals surface area contributed by atoms with Gasteiger partial charge >= 0.3 is 0 Å². The quantitative estimate of drug-likeness (QED) is 0.658. The molecule has 2 aromatic carbocycles. The number of thioether (sulfide) groups is 1. The van der Waals surface area contributed by atoms with Gasteiger partial charge in [-0.25, -0.2) is 4.98 Å². The number of rotatable bonds is 6. The summed E-state index contributed by atoms with van der Waals surface area (Å²) in [7, 11) is 1.62. The monoisotopic (exact) mass is 361 g/mol. The highest BCUT2D eigenvalue weighted by atomic mass is 35.5. The molecule has 0 aliphatic heterocycles. The maximum atomic E-state index is 12.0. The van der Waals surface area contributed by atoms with Crippen molar-refractivity contribution < 1.29 is 9.53 Å². The van der Waals surface area contributed by atoms with Crippen molar-refractivity contribution >= 4 is 40.3 Å². The van der Waals surface area contributed by atoms with Gasteiger partial charge in [-0.05, 0) is 24.3 Å². The van der Waals surface area contributed by atoms with Crippen LogP contribution in [-0.4, -0.2) is 28.7 Å². The first-order valence-corrected chi connectivity index (χ1v) is 8.69. The molecule has 0 aliphatic rings. The van der Waals surface area contributed by atoms with Gasteiger partial charge in [-0.3, -0.25) is 4.79 Å². The Bertz CT molecular complexity index is 866. The van der Waals surface area contributed by atoms with Gasteiger partial charge in [0.1, 0.15) is 5.75 Å². The molecule has 2 N–H and O–H groups in total. The van der Waals surface area contributed by atoms with Gasteiger partial charge in [0, 0.05) is 17.1 Å². The molecule has 0 unspecified atom stereocenters. The molecule has 1 aromatic heterocycles. The Hall–Kier alpha value is -2.18. The second kappa shape index (κ2) is 7.59. The van der Waals surface area contributed by atoms with E-state index in [4.69, 9.17) is 16.3 Å². The van der Waals surface area contributed by atoms with Crippen molar-refractivity contribution in [2.45, 2.75) is 11.7 Å². The summed E-state index contributed by atoms with van der Waals surface area (Å²) >= 11 is 7.30. The second-order valence-electron chi connectivity index (χ2n) is 5.08. The normalized spacial score (nSPS) is 10.8. The first-order valence-electron chi connectivity index (χ1n) is 7.32. The molecule has 0 aliphatic carbocycles. The molecule has 0 atom stereocenters. The first kappa shape index (κ1) is 16.7. The van der Waals surface area contributed by atoms with Crippen LogP contribution in [0.2, 0.25) is 5.02 Å². The summed E-state index contributed by atoms with van der Waals surface area (Å²) in [6.45, 7) is 0.430. The third-order valence-corrected chi connectivity index (χ3v) is 4.54. The Labute approximate surface area is 148 Å². The number of aromatic amines is 1. The average Bonchev–Trinajstić information content (AvgIpc) is 3.00. The molecule has 0 saturated carbocycles. The van der Waals surface area contributed by atoms with Crippen LogP contribution in [0.4, 0.5) is 0 Å². The maximum Gasteiger partial charge on any atom is 0.230 e. The van der Waals surface area contributed by atoms with Crippen LogP contribution in [0, 0.1) is 0 Å². The minimum Gasteiger partial charge on any atom is -0.496 e. The van der Waals surface area contributed by atoms with Gasteiger partial charge in [0.05, 0.1) is 23.9 Å². The highest BCUT2D eigenvalue weighted by molar-refractivity contribution is 7.99. The topological polar surface area (TPSA) is 67.0 Å². The van der Waals surface area contributed by atoms with Crippen LogP contribution in [0.1, 0.15) is 5.56 Å². The molecule has 0 saturated heterocycles. The third kappa shape index (κ3) is 4.01. The van der Waals surface area contributed by atoms with E-state index in [2.05, 4.69) is 15.3 Å². The van der Waals surface area contributed by atoms with Crippen LogP contribution in [-0.2, 0) is 11.3 Å². The Kier molecular flexibility index (Phi) is 5.27. The molecule has 124 valence electrons. The molecule has 1 amide bonds. The zero-order valence-corrected chi connectivity index (χ0v) is 14.6. The summed E-state index contributed by atoms with van der Waals surface area (Å²) in [4.78, 5) is 19.6. The Morgan fingerprint density at radius 2 is 2.17 bits per heavy atom. The van der Waals surface area contributed by atoms with E-state index in [0.717, 1.165) is 22.3 Å². The van der Waals surface area contributed by atoms with Crippen molar-refractivity contribution in [3.8, 4) is 5.75 Å². The number of fused-ring (bicyclic) bond motifs is 1. The van der Waals surface area contributed by atoms with Crippen molar-refractivity contribution in [3.05, 3.63) is 53.1 Å². The van der Waals surface area contributed by atoms with E-state index in [-0.39, 0.29) is 11.7 Å². The summed E-state index contributed by atoms with van der Waals surface area (Å²) in [5, 5.41) is 4.23. The highest BCUT2D eigenvalue weighted by Crippen LogP contribution is 2.22. The van der Waals surface area contributed by atoms with Gasteiger partial charge in [0.2, 0.25) is 5.91 Å². The van der Waals surface area contributed by atoms with Crippen LogP contribution in [0.25, 0.3) is 11.0 Å². The zero-order chi connectivity index (χ0) is 16.9. The van der Waals surface area contributed by atoms with Crippen molar-refractivity contribution in [2.24, 2.45) is 0 Å². The van der Waals surface area contributed by atoms with Gasteiger partial charge in [0.25, 0.3) is 0 Å². The van der Waals surface area contributed by atoms with Gasteiger partial charge < -0.3 is 15.0 Å². The number of hydrogen-bond donors (Lipinski definition) is 2. The number of imidazole rings is 1. The van der Waals surface area contributed by atoms with Crippen molar-refractivity contribution in [3.63, 3.8) is 0 Å². The van der Waals surface area contributed by atoms with Crippen LogP contribution in [0.3, 0.4) is 0 Å². The fourth-order valence-electron chi connectivity index (χ4n) is 2.25. The van der Waals surface area contributed by atoms with Crippen molar-refractivity contribution in [1.82, 2.24) is 15.3 Å². The lowest BCUT2D eigenvalue weighted by Gasteiger charge is -2.09. The molecule has 1 heterocycles. The molecule has 0 bridgehead atoms. The number of nitrogens with one attached hydrogen (secondary N) is 2. The van der Waals surface area contributed by atoms with Gasteiger partial charge in [-0.2, -0.15) is 0 Å². The van der Waals surface area contributed by atoms with Crippen molar-refractivity contribution in [2.75, 3.05) is 12.9 Å². The number of benzene rings is 2. The predicted molar refractivity (Wildman–Crippen MR) is 96.7 cm³/mol. The molecule has 0 spiro atoms. The summed E-state index contributed by atoms with van der Waals surface area (Å²) < 4.78 is 5.27. The molecule has 5 nitrogen and oxygen atoms in total. The maximum absolute atomic E-state index is 12.0. The lowest BCUT2D eigenvalue weighted by Crippen LogP contribution is -2.24. The van der Waals surface area contributed by atoms with Crippen LogP contribution < -0.4 is 10.1 Å². The van der Waals surface area contributed by atoms with E-state index in [1.165, 1.54) is 11.8 Å².